The lowest BCUT2D eigenvalue weighted by atomic mass is 9.84. The van der Waals surface area contributed by atoms with Gasteiger partial charge in [0.15, 0.2) is 0 Å². The van der Waals surface area contributed by atoms with E-state index in [9.17, 15) is 0 Å². The SMILES string of the molecule is CCCNC(Cc1cnccn1)C(C)(C)C. The number of hydrogen-bond donors (Lipinski definition) is 1. The van der Waals surface area contributed by atoms with Gasteiger partial charge in [-0.25, -0.2) is 0 Å². The molecule has 1 aromatic rings. The van der Waals surface area contributed by atoms with Crippen molar-refractivity contribution < 1.29 is 0 Å². The second kappa shape index (κ2) is 5.94. The smallest absolute Gasteiger partial charge is 0.0602 e. The van der Waals surface area contributed by atoms with Gasteiger partial charge in [-0.05, 0) is 18.4 Å². The van der Waals surface area contributed by atoms with Gasteiger partial charge in [0.05, 0.1) is 5.69 Å². The molecule has 0 bridgehead atoms. The fraction of sp³-hybridized carbons (Fsp3) is 0.692. The molecule has 0 saturated carbocycles. The Morgan fingerprint density at radius 1 is 1.31 bits per heavy atom. The van der Waals surface area contributed by atoms with Gasteiger partial charge in [0, 0.05) is 31.1 Å². The number of hydrogen-bond acceptors (Lipinski definition) is 3. The van der Waals surface area contributed by atoms with Crippen molar-refractivity contribution in [3.8, 4) is 0 Å². The van der Waals surface area contributed by atoms with E-state index in [4.69, 9.17) is 0 Å². The topological polar surface area (TPSA) is 37.8 Å². The number of nitrogens with one attached hydrogen (secondary N) is 1. The van der Waals surface area contributed by atoms with Gasteiger partial charge >= 0.3 is 0 Å². The molecule has 0 saturated heterocycles. The monoisotopic (exact) mass is 221 g/mol. The number of aromatic nitrogens is 2. The number of nitrogens with zero attached hydrogens (tertiary/aromatic N) is 2. The van der Waals surface area contributed by atoms with Crippen LogP contribution in [0.5, 0.6) is 0 Å². The Bertz CT molecular complexity index is 290. The maximum atomic E-state index is 4.34. The van der Waals surface area contributed by atoms with Crippen LogP contribution in [0.2, 0.25) is 0 Å². The van der Waals surface area contributed by atoms with Crippen LogP contribution < -0.4 is 5.32 Å². The third-order valence-electron chi connectivity index (χ3n) is 2.72. The minimum Gasteiger partial charge on any atom is -0.313 e. The highest BCUT2D eigenvalue weighted by atomic mass is 14.9. The maximum absolute atomic E-state index is 4.34. The molecule has 1 unspecified atom stereocenters. The zero-order valence-electron chi connectivity index (χ0n) is 10.8. The third-order valence-corrected chi connectivity index (χ3v) is 2.72. The fourth-order valence-electron chi connectivity index (χ4n) is 1.65. The zero-order valence-corrected chi connectivity index (χ0v) is 10.8. The lowest BCUT2D eigenvalue weighted by molar-refractivity contribution is 0.265. The standard InChI is InChI=1S/C13H23N3/c1-5-6-16-12(13(2,3)4)9-11-10-14-7-8-15-11/h7-8,10,12,16H,5-6,9H2,1-4H3. The molecule has 0 aliphatic rings. The summed E-state index contributed by atoms with van der Waals surface area (Å²) in [6, 6.07) is 0.448. The van der Waals surface area contributed by atoms with Crippen molar-refractivity contribution in [3.63, 3.8) is 0 Å². The molecule has 90 valence electrons. The summed E-state index contributed by atoms with van der Waals surface area (Å²) in [7, 11) is 0. The van der Waals surface area contributed by atoms with E-state index in [0.717, 1.165) is 25.1 Å². The van der Waals surface area contributed by atoms with Gasteiger partial charge in [0.25, 0.3) is 0 Å². The molecule has 1 heterocycles. The van der Waals surface area contributed by atoms with Crippen molar-refractivity contribution >= 4 is 0 Å². The predicted octanol–water partition coefficient (Wildman–Crippen LogP) is 2.43. The van der Waals surface area contributed by atoms with Gasteiger partial charge in [0.1, 0.15) is 0 Å². The molecule has 1 rings (SSSR count). The highest BCUT2D eigenvalue weighted by molar-refractivity contribution is 5.00. The molecular weight excluding hydrogens is 198 g/mol. The van der Waals surface area contributed by atoms with Crippen molar-refractivity contribution in [3.05, 3.63) is 24.3 Å². The van der Waals surface area contributed by atoms with E-state index in [-0.39, 0.29) is 5.41 Å². The molecule has 0 aliphatic heterocycles. The largest absolute Gasteiger partial charge is 0.313 e. The Balaban J connectivity index is 2.64. The summed E-state index contributed by atoms with van der Waals surface area (Å²) in [5.41, 5.74) is 1.30. The lowest BCUT2D eigenvalue weighted by Crippen LogP contribution is -2.42. The summed E-state index contributed by atoms with van der Waals surface area (Å²) >= 11 is 0. The summed E-state index contributed by atoms with van der Waals surface area (Å²) in [5, 5.41) is 3.59. The molecule has 3 nitrogen and oxygen atoms in total. The number of rotatable bonds is 5. The first-order chi connectivity index (χ1) is 7.54. The Kier molecular flexibility index (Phi) is 4.87. The van der Waals surface area contributed by atoms with E-state index in [2.05, 4.69) is 43.0 Å². The van der Waals surface area contributed by atoms with Crippen molar-refractivity contribution in [2.45, 2.75) is 46.6 Å². The Morgan fingerprint density at radius 3 is 2.56 bits per heavy atom. The van der Waals surface area contributed by atoms with Gasteiger partial charge < -0.3 is 5.32 Å². The molecular formula is C13H23N3. The molecule has 1 atom stereocenters. The normalized spacial score (nSPS) is 13.8. The van der Waals surface area contributed by atoms with Gasteiger partial charge in [-0.15, -0.1) is 0 Å². The van der Waals surface area contributed by atoms with Crippen molar-refractivity contribution in [2.24, 2.45) is 5.41 Å². The molecule has 0 fully saturated rings. The van der Waals surface area contributed by atoms with Crippen molar-refractivity contribution in [2.75, 3.05) is 6.54 Å². The first-order valence-electron chi connectivity index (χ1n) is 6.02. The average molecular weight is 221 g/mol. The molecule has 0 aliphatic carbocycles. The van der Waals surface area contributed by atoms with Crippen LogP contribution in [-0.4, -0.2) is 22.6 Å². The zero-order chi connectivity index (χ0) is 12.0. The Labute approximate surface area is 98.7 Å². The average Bonchev–Trinajstić information content (AvgIpc) is 2.24. The molecule has 0 aromatic carbocycles. The first-order valence-corrected chi connectivity index (χ1v) is 6.02. The highest BCUT2D eigenvalue weighted by Crippen LogP contribution is 2.21. The lowest BCUT2D eigenvalue weighted by Gasteiger charge is -2.31. The summed E-state index contributed by atoms with van der Waals surface area (Å²) in [5.74, 6) is 0. The molecule has 3 heteroatoms. The molecule has 1 N–H and O–H groups in total. The molecule has 0 radical (unpaired) electrons. The quantitative estimate of drug-likeness (QED) is 0.830. The van der Waals surface area contributed by atoms with E-state index in [1.54, 1.807) is 12.4 Å². The van der Waals surface area contributed by atoms with Crippen LogP contribution in [0, 0.1) is 5.41 Å². The molecule has 1 aromatic heterocycles. The van der Waals surface area contributed by atoms with E-state index >= 15 is 0 Å². The predicted molar refractivity (Wildman–Crippen MR) is 67.3 cm³/mol. The van der Waals surface area contributed by atoms with Gasteiger partial charge in [0.2, 0.25) is 0 Å². The first kappa shape index (κ1) is 13.1. The highest BCUT2D eigenvalue weighted by Gasteiger charge is 2.24. The van der Waals surface area contributed by atoms with Crippen LogP contribution >= 0.6 is 0 Å². The van der Waals surface area contributed by atoms with Crippen LogP contribution in [0.25, 0.3) is 0 Å². The van der Waals surface area contributed by atoms with E-state index in [1.165, 1.54) is 0 Å². The maximum Gasteiger partial charge on any atom is 0.0602 e. The summed E-state index contributed by atoms with van der Waals surface area (Å²) in [6.07, 6.45) is 7.43. The van der Waals surface area contributed by atoms with Gasteiger partial charge in [-0.1, -0.05) is 27.7 Å². The summed E-state index contributed by atoms with van der Waals surface area (Å²) in [6.45, 7) is 10.0. The van der Waals surface area contributed by atoms with Crippen LogP contribution in [0.1, 0.15) is 39.8 Å². The third kappa shape index (κ3) is 4.27. The fourth-order valence-corrected chi connectivity index (χ4v) is 1.65. The van der Waals surface area contributed by atoms with E-state index < -0.39 is 0 Å². The molecule has 0 amide bonds. The van der Waals surface area contributed by atoms with Crippen molar-refractivity contribution in [1.82, 2.24) is 15.3 Å². The van der Waals surface area contributed by atoms with Crippen LogP contribution in [-0.2, 0) is 6.42 Å². The van der Waals surface area contributed by atoms with Crippen LogP contribution in [0.3, 0.4) is 0 Å². The van der Waals surface area contributed by atoms with Crippen LogP contribution in [0.4, 0.5) is 0 Å². The molecule has 0 spiro atoms. The minimum atomic E-state index is 0.243. The summed E-state index contributed by atoms with van der Waals surface area (Å²) in [4.78, 5) is 8.45. The molecule has 16 heavy (non-hydrogen) atoms. The van der Waals surface area contributed by atoms with Crippen molar-refractivity contribution in [1.29, 1.82) is 0 Å². The second-order valence-corrected chi connectivity index (χ2v) is 5.27. The van der Waals surface area contributed by atoms with E-state index in [0.29, 0.717) is 6.04 Å². The summed E-state index contributed by atoms with van der Waals surface area (Å²) < 4.78 is 0. The Morgan fingerprint density at radius 2 is 2.06 bits per heavy atom. The van der Waals surface area contributed by atoms with Crippen LogP contribution in [0.15, 0.2) is 18.6 Å². The second-order valence-electron chi connectivity index (χ2n) is 5.27. The van der Waals surface area contributed by atoms with Gasteiger partial charge in [-0.3, -0.25) is 9.97 Å². The minimum absolute atomic E-state index is 0.243. The van der Waals surface area contributed by atoms with Gasteiger partial charge in [-0.2, -0.15) is 0 Å². The van der Waals surface area contributed by atoms with E-state index in [1.807, 2.05) is 6.20 Å². The Hall–Kier alpha value is -0.960.